The average molecular weight is 374 g/mol. The zero-order chi connectivity index (χ0) is 19.7. The Balaban J connectivity index is 1.50. The van der Waals surface area contributed by atoms with E-state index in [1.165, 1.54) is 0 Å². The Morgan fingerprint density at radius 2 is 1.93 bits per heavy atom. The molecular formula is C21H18N4O3. The molecule has 1 aliphatic carbocycles. The highest BCUT2D eigenvalue weighted by Crippen LogP contribution is 2.34. The minimum Gasteiger partial charge on any atom is -0.359 e. The van der Waals surface area contributed by atoms with Crippen molar-refractivity contribution in [2.24, 2.45) is 16.1 Å². The van der Waals surface area contributed by atoms with Gasteiger partial charge in [0.1, 0.15) is 5.76 Å². The SMILES string of the molecule is Cc1onc(NC(=O)Cc2ccc(C3=C4C=CC=CC4C(=O)N=N3)cc2)c1C. The largest absolute Gasteiger partial charge is 0.359 e. The summed E-state index contributed by atoms with van der Waals surface area (Å²) in [7, 11) is 0. The maximum atomic E-state index is 12.3. The van der Waals surface area contributed by atoms with E-state index in [4.69, 9.17) is 4.52 Å². The van der Waals surface area contributed by atoms with Gasteiger partial charge in [0.15, 0.2) is 5.82 Å². The van der Waals surface area contributed by atoms with E-state index >= 15 is 0 Å². The van der Waals surface area contributed by atoms with Crippen LogP contribution < -0.4 is 5.32 Å². The molecule has 0 spiro atoms. The van der Waals surface area contributed by atoms with E-state index in [1.807, 2.05) is 55.5 Å². The van der Waals surface area contributed by atoms with Crippen LogP contribution in [0.15, 0.2) is 68.9 Å². The number of anilines is 1. The molecule has 0 radical (unpaired) electrons. The maximum absolute atomic E-state index is 12.3. The second-order valence-electron chi connectivity index (χ2n) is 6.70. The van der Waals surface area contributed by atoms with Gasteiger partial charge in [-0.15, -0.1) is 10.2 Å². The molecule has 2 amide bonds. The molecule has 0 saturated carbocycles. The molecule has 1 atom stereocenters. The molecule has 7 nitrogen and oxygen atoms in total. The fraction of sp³-hybridized carbons (Fsp3) is 0.190. The number of hydrogen-bond acceptors (Lipinski definition) is 5. The van der Waals surface area contributed by atoms with Crippen molar-refractivity contribution in [3.05, 3.63) is 76.6 Å². The molecule has 1 aliphatic heterocycles. The number of nitrogens with one attached hydrogen (secondary N) is 1. The van der Waals surface area contributed by atoms with Gasteiger partial charge in [-0.2, -0.15) is 0 Å². The Morgan fingerprint density at radius 3 is 2.64 bits per heavy atom. The summed E-state index contributed by atoms with van der Waals surface area (Å²) >= 11 is 0. The number of amides is 2. The summed E-state index contributed by atoms with van der Waals surface area (Å²) in [6.07, 6.45) is 7.64. The van der Waals surface area contributed by atoms with Gasteiger partial charge >= 0.3 is 0 Å². The minimum atomic E-state index is -0.378. The normalized spacial score (nSPS) is 17.8. The lowest BCUT2D eigenvalue weighted by molar-refractivity contribution is -0.120. The van der Waals surface area contributed by atoms with Crippen LogP contribution in [0.25, 0.3) is 5.70 Å². The highest BCUT2D eigenvalue weighted by atomic mass is 16.5. The smallest absolute Gasteiger partial charge is 0.276 e. The molecule has 1 aromatic carbocycles. The van der Waals surface area contributed by atoms with Crippen molar-refractivity contribution in [1.29, 1.82) is 0 Å². The minimum absolute atomic E-state index is 0.172. The van der Waals surface area contributed by atoms with Crippen LogP contribution in [0.2, 0.25) is 0 Å². The number of allylic oxidation sites excluding steroid dienone is 3. The van der Waals surface area contributed by atoms with Crippen molar-refractivity contribution in [3.63, 3.8) is 0 Å². The summed E-state index contributed by atoms with van der Waals surface area (Å²) in [5, 5.41) is 14.5. The molecular weight excluding hydrogens is 356 g/mol. The molecule has 28 heavy (non-hydrogen) atoms. The van der Waals surface area contributed by atoms with E-state index < -0.39 is 0 Å². The van der Waals surface area contributed by atoms with Gasteiger partial charge in [-0.3, -0.25) is 9.59 Å². The molecule has 0 bridgehead atoms. The number of nitrogens with zero attached hydrogens (tertiary/aromatic N) is 3. The van der Waals surface area contributed by atoms with Crippen LogP contribution in [0.4, 0.5) is 5.82 Å². The third-order valence-corrected chi connectivity index (χ3v) is 4.82. The third kappa shape index (κ3) is 3.34. The molecule has 7 heteroatoms. The number of hydrogen-bond donors (Lipinski definition) is 1. The quantitative estimate of drug-likeness (QED) is 0.877. The van der Waals surface area contributed by atoms with Gasteiger partial charge < -0.3 is 9.84 Å². The molecule has 1 unspecified atom stereocenters. The zero-order valence-electron chi connectivity index (χ0n) is 15.5. The van der Waals surface area contributed by atoms with E-state index in [9.17, 15) is 9.59 Å². The number of carbonyl (C=O) groups is 2. The summed E-state index contributed by atoms with van der Waals surface area (Å²) in [6, 6.07) is 7.50. The van der Waals surface area contributed by atoms with Gasteiger partial charge in [0, 0.05) is 11.1 Å². The predicted octanol–water partition coefficient (Wildman–Crippen LogP) is 3.92. The number of aromatic nitrogens is 1. The molecule has 0 saturated heterocycles. The maximum Gasteiger partial charge on any atom is 0.276 e. The van der Waals surface area contributed by atoms with Crippen LogP contribution in [0.5, 0.6) is 0 Å². The van der Waals surface area contributed by atoms with Gasteiger partial charge in [0.2, 0.25) is 5.91 Å². The summed E-state index contributed by atoms with van der Waals surface area (Å²) < 4.78 is 5.06. The van der Waals surface area contributed by atoms with Gasteiger partial charge in [-0.1, -0.05) is 53.7 Å². The predicted molar refractivity (Wildman–Crippen MR) is 103 cm³/mol. The van der Waals surface area contributed by atoms with Gasteiger partial charge in [0.05, 0.1) is 18.0 Å². The first-order chi connectivity index (χ1) is 13.5. The Labute approximate surface area is 161 Å². The lowest BCUT2D eigenvalue weighted by Crippen LogP contribution is -2.17. The van der Waals surface area contributed by atoms with Gasteiger partial charge in [-0.05, 0) is 25.0 Å². The Bertz CT molecular complexity index is 1070. The van der Waals surface area contributed by atoms with E-state index in [0.717, 1.165) is 22.3 Å². The van der Waals surface area contributed by atoms with Crippen LogP contribution >= 0.6 is 0 Å². The van der Waals surface area contributed by atoms with Crippen LogP contribution in [0.1, 0.15) is 22.5 Å². The van der Waals surface area contributed by atoms with Crippen molar-refractivity contribution in [3.8, 4) is 0 Å². The monoisotopic (exact) mass is 374 g/mol. The highest BCUT2D eigenvalue weighted by molar-refractivity contribution is 5.93. The van der Waals surface area contributed by atoms with Crippen molar-refractivity contribution in [2.45, 2.75) is 20.3 Å². The van der Waals surface area contributed by atoms with Gasteiger partial charge in [0.25, 0.3) is 5.91 Å². The molecule has 1 aromatic heterocycles. The fourth-order valence-corrected chi connectivity index (χ4v) is 3.10. The summed E-state index contributed by atoms with van der Waals surface area (Å²) in [6.45, 7) is 3.64. The second kappa shape index (κ2) is 7.19. The van der Waals surface area contributed by atoms with Crippen molar-refractivity contribution >= 4 is 23.3 Å². The number of benzene rings is 1. The van der Waals surface area contributed by atoms with E-state index in [0.29, 0.717) is 17.3 Å². The van der Waals surface area contributed by atoms with Crippen LogP contribution in [-0.4, -0.2) is 17.0 Å². The number of carbonyl (C=O) groups excluding carboxylic acids is 2. The standard InChI is InChI=1S/C21H18N4O3/c1-12-13(2)28-25-20(12)22-18(26)11-14-7-9-15(10-8-14)19-16-5-3-4-6-17(16)21(27)24-23-19/h3-10,17H,11H2,1-2H3,(H,22,25,26). The Hall–Kier alpha value is -3.61. The number of fused-ring (bicyclic) bond motifs is 1. The summed E-state index contributed by atoms with van der Waals surface area (Å²) in [4.78, 5) is 24.2. The molecule has 140 valence electrons. The van der Waals surface area contributed by atoms with Crippen LogP contribution in [-0.2, 0) is 16.0 Å². The lowest BCUT2D eigenvalue weighted by atomic mass is 9.89. The highest BCUT2D eigenvalue weighted by Gasteiger charge is 2.27. The zero-order valence-corrected chi connectivity index (χ0v) is 15.5. The molecule has 2 heterocycles. The van der Waals surface area contributed by atoms with Crippen LogP contribution in [0, 0.1) is 19.8 Å². The first kappa shape index (κ1) is 17.8. The molecule has 2 aliphatic rings. The van der Waals surface area contributed by atoms with E-state index in [1.54, 1.807) is 6.92 Å². The number of aryl methyl sites for hydroxylation is 1. The number of rotatable bonds is 4. The second-order valence-corrected chi connectivity index (χ2v) is 6.70. The van der Waals surface area contributed by atoms with E-state index in [2.05, 4.69) is 20.7 Å². The molecule has 1 N–H and O–H groups in total. The first-order valence-corrected chi connectivity index (χ1v) is 8.89. The fourth-order valence-electron chi connectivity index (χ4n) is 3.10. The lowest BCUT2D eigenvalue weighted by Gasteiger charge is -2.19. The summed E-state index contributed by atoms with van der Waals surface area (Å²) in [5.41, 5.74) is 4.03. The van der Waals surface area contributed by atoms with Crippen molar-refractivity contribution < 1.29 is 14.1 Å². The average Bonchev–Trinajstić information content (AvgIpc) is 3.01. The first-order valence-electron chi connectivity index (χ1n) is 8.89. The summed E-state index contributed by atoms with van der Waals surface area (Å²) in [5.74, 6) is 0.318. The Kier molecular flexibility index (Phi) is 4.57. The third-order valence-electron chi connectivity index (χ3n) is 4.82. The van der Waals surface area contributed by atoms with E-state index in [-0.39, 0.29) is 24.2 Å². The molecule has 0 fully saturated rings. The number of azo groups is 1. The van der Waals surface area contributed by atoms with Gasteiger partial charge in [-0.25, -0.2) is 0 Å². The van der Waals surface area contributed by atoms with Crippen LogP contribution in [0.3, 0.4) is 0 Å². The topological polar surface area (TPSA) is 96.9 Å². The Morgan fingerprint density at radius 1 is 1.14 bits per heavy atom. The van der Waals surface area contributed by atoms with Crippen molar-refractivity contribution in [2.75, 3.05) is 5.32 Å². The van der Waals surface area contributed by atoms with Crippen molar-refractivity contribution in [1.82, 2.24) is 5.16 Å². The molecule has 2 aromatic rings. The molecule has 4 rings (SSSR count).